The standard InChI is InChI=1S/C16H15ClN5O6PS.Na/c17-7-1-3-8(4-2-7)30-16-21-10-13(18)19-6-20-14(10)22(16)15-11(23)12-9(27-15)5-26-29(24,25)28-12;/h1-4,6,9,11-12,15,23H,5H2,(H,24,25)(H2,18,19,20);/q;+1/p-1/t9?,11-,12?,15?;/m0./s1. The molecule has 5 atom stereocenters. The van der Waals surface area contributed by atoms with Crippen molar-refractivity contribution >= 4 is 48.2 Å². The first kappa shape index (κ1) is 23.4. The van der Waals surface area contributed by atoms with Crippen LogP contribution in [0.2, 0.25) is 5.02 Å². The van der Waals surface area contributed by atoms with Gasteiger partial charge in [0.25, 0.3) is 7.82 Å². The van der Waals surface area contributed by atoms with Crippen molar-refractivity contribution in [2.45, 2.75) is 34.6 Å². The van der Waals surface area contributed by atoms with Crippen LogP contribution in [0.3, 0.4) is 0 Å². The number of aliphatic hydroxyl groups excluding tert-OH is 1. The van der Waals surface area contributed by atoms with E-state index in [1.165, 1.54) is 18.1 Å². The SMILES string of the molecule is Nc1ncnc2c1nc(Sc1ccc(Cl)cc1)n2C1OC2COP(=O)([O-])OC2[C@@H]1O.[Na+]. The number of ether oxygens (including phenoxy) is 1. The molecule has 4 heterocycles. The van der Waals surface area contributed by atoms with Gasteiger partial charge in [-0.2, -0.15) is 0 Å². The number of aromatic nitrogens is 4. The molecule has 3 N–H and O–H groups in total. The summed E-state index contributed by atoms with van der Waals surface area (Å²) in [7, 11) is -4.50. The Balaban J connectivity index is 0.00000231. The van der Waals surface area contributed by atoms with E-state index in [2.05, 4.69) is 15.0 Å². The Morgan fingerprint density at radius 2 is 2.06 bits per heavy atom. The van der Waals surface area contributed by atoms with Gasteiger partial charge in [-0.25, -0.2) is 15.0 Å². The van der Waals surface area contributed by atoms with E-state index in [1.807, 2.05) is 12.1 Å². The summed E-state index contributed by atoms with van der Waals surface area (Å²) >= 11 is 7.22. The third-order valence-electron chi connectivity index (χ3n) is 4.71. The van der Waals surface area contributed by atoms with E-state index < -0.39 is 32.4 Å². The molecule has 31 heavy (non-hydrogen) atoms. The number of rotatable bonds is 3. The summed E-state index contributed by atoms with van der Waals surface area (Å²) in [6, 6.07) is 7.08. The van der Waals surface area contributed by atoms with Crippen molar-refractivity contribution in [2.75, 3.05) is 12.3 Å². The number of anilines is 1. The van der Waals surface area contributed by atoms with E-state index in [4.69, 9.17) is 31.1 Å². The van der Waals surface area contributed by atoms with Gasteiger partial charge in [-0.15, -0.1) is 0 Å². The van der Waals surface area contributed by atoms with Gasteiger partial charge in [-0.1, -0.05) is 23.4 Å². The van der Waals surface area contributed by atoms with Crippen molar-refractivity contribution < 1.29 is 57.9 Å². The van der Waals surface area contributed by atoms with Gasteiger partial charge in [-0.05, 0) is 24.3 Å². The van der Waals surface area contributed by atoms with E-state index >= 15 is 0 Å². The minimum atomic E-state index is -4.50. The predicted molar refractivity (Wildman–Crippen MR) is 104 cm³/mol. The number of phosphoric ester groups is 1. The number of nitrogens with two attached hydrogens (primary N) is 1. The molecule has 0 spiro atoms. The van der Waals surface area contributed by atoms with Gasteiger partial charge in [-0.3, -0.25) is 9.13 Å². The van der Waals surface area contributed by atoms with Gasteiger partial charge in [0.05, 0.1) is 6.61 Å². The second kappa shape index (κ2) is 8.88. The van der Waals surface area contributed by atoms with Crippen LogP contribution in [-0.2, 0) is 18.3 Å². The van der Waals surface area contributed by atoms with Crippen LogP contribution in [0.4, 0.5) is 5.82 Å². The van der Waals surface area contributed by atoms with E-state index in [0.717, 1.165) is 4.90 Å². The van der Waals surface area contributed by atoms with Gasteiger partial charge in [0.1, 0.15) is 24.6 Å². The van der Waals surface area contributed by atoms with Crippen molar-refractivity contribution in [3.05, 3.63) is 35.6 Å². The molecule has 0 amide bonds. The van der Waals surface area contributed by atoms with Crippen LogP contribution >= 0.6 is 31.2 Å². The number of halogens is 1. The zero-order valence-corrected chi connectivity index (χ0v) is 20.5. The molecule has 0 radical (unpaired) electrons. The summed E-state index contributed by atoms with van der Waals surface area (Å²) in [5.41, 5.74) is 6.61. The molecule has 2 aromatic heterocycles. The van der Waals surface area contributed by atoms with Crippen LogP contribution in [0.15, 0.2) is 40.6 Å². The zero-order chi connectivity index (χ0) is 21.0. The Morgan fingerprint density at radius 1 is 1.32 bits per heavy atom. The molecule has 4 unspecified atom stereocenters. The summed E-state index contributed by atoms with van der Waals surface area (Å²) in [5.74, 6) is 0.158. The van der Waals surface area contributed by atoms with Crippen LogP contribution in [0.1, 0.15) is 6.23 Å². The molecule has 1 aromatic carbocycles. The van der Waals surface area contributed by atoms with Crippen LogP contribution in [0.25, 0.3) is 11.2 Å². The van der Waals surface area contributed by atoms with Gasteiger partial charge >= 0.3 is 29.6 Å². The molecule has 0 bridgehead atoms. The Labute approximate surface area is 207 Å². The second-order valence-electron chi connectivity index (χ2n) is 6.62. The van der Waals surface area contributed by atoms with E-state index in [0.29, 0.717) is 21.3 Å². The first-order valence-electron chi connectivity index (χ1n) is 8.72. The molecular weight excluding hydrogens is 480 g/mol. The molecule has 0 saturated carbocycles. The van der Waals surface area contributed by atoms with Crippen molar-refractivity contribution in [1.82, 2.24) is 19.5 Å². The van der Waals surface area contributed by atoms with Crippen LogP contribution in [0, 0.1) is 0 Å². The van der Waals surface area contributed by atoms with Crippen molar-refractivity contribution in [3.63, 3.8) is 0 Å². The van der Waals surface area contributed by atoms with Gasteiger partial charge in [0.15, 0.2) is 28.4 Å². The number of nitrogens with zero attached hydrogens (tertiary/aromatic N) is 4. The fraction of sp³-hybridized carbons (Fsp3) is 0.312. The Bertz CT molecular complexity index is 1170. The first-order chi connectivity index (χ1) is 14.3. The zero-order valence-electron chi connectivity index (χ0n) is 16.0. The number of benzene rings is 1. The van der Waals surface area contributed by atoms with Gasteiger partial charge in [0.2, 0.25) is 0 Å². The van der Waals surface area contributed by atoms with Crippen LogP contribution < -0.4 is 40.2 Å². The normalized spacial score (nSPS) is 30.2. The Hall–Kier alpha value is -0.760. The minimum Gasteiger partial charge on any atom is -0.756 e. The maximum Gasteiger partial charge on any atom is 1.00 e. The fourth-order valence-corrected chi connectivity index (χ4v) is 5.34. The maximum absolute atomic E-state index is 11.7. The molecule has 3 aromatic rings. The molecular formula is C16H14ClN5NaO6PS. The largest absolute Gasteiger partial charge is 1.00 e. The molecule has 2 fully saturated rings. The smallest absolute Gasteiger partial charge is 0.756 e. The summed E-state index contributed by atoms with van der Waals surface area (Å²) in [6.07, 6.45) is -2.98. The molecule has 158 valence electrons. The first-order valence-corrected chi connectivity index (χ1v) is 11.4. The number of hydrogen-bond acceptors (Lipinski definition) is 11. The molecule has 15 heteroatoms. The van der Waals surface area contributed by atoms with E-state index in [9.17, 15) is 14.6 Å². The molecule has 2 aliphatic rings. The van der Waals surface area contributed by atoms with E-state index in [-0.39, 0.29) is 42.0 Å². The second-order valence-corrected chi connectivity index (χ2v) is 9.46. The molecule has 5 rings (SSSR count). The summed E-state index contributed by atoms with van der Waals surface area (Å²) < 4.78 is 28.7. The van der Waals surface area contributed by atoms with Crippen LogP contribution in [-0.4, -0.2) is 49.5 Å². The van der Waals surface area contributed by atoms with Gasteiger partial charge in [0, 0.05) is 9.92 Å². The van der Waals surface area contributed by atoms with Gasteiger partial charge < -0.3 is 29.5 Å². The maximum atomic E-state index is 11.7. The molecule has 2 aliphatic heterocycles. The number of imidazole rings is 1. The average molecular weight is 494 g/mol. The number of phosphoric acid groups is 1. The summed E-state index contributed by atoms with van der Waals surface area (Å²) in [5, 5.41) is 11.8. The van der Waals surface area contributed by atoms with Crippen molar-refractivity contribution in [3.8, 4) is 0 Å². The Morgan fingerprint density at radius 3 is 2.81 bits per heavy atom. The number of aliphatic hydroxyl groups is 1. The van der Waals surface area contributed by atoms with Crippen molar-refractivity contribution in [1.29, 1.82) is 0 Å². The molecule has 2 saturated heterocycles. The van der Waals surface area contributed by atoms with Crippen molar-refractivity contribution in [2.24, 2.45) is 0 Å². The van der Waals surface area contributed by atoms with Crippen LogP contribution in [0.5, 0.6) is 0 Å². The molecule has 0 aliphatic carbocycles. The third-order valence-corrected chi connectivity index (χ3v) is 6.90. The third kappa shape index (κ3) is 4.40. The summed E-state index contributed by atoms with van der Waals surface area (Å²) in [6.45, 7) is -0.261. The predicted octanol–water partition coefficient (Wildman–Crippen LogP) is -1.64. The minimum absolute atomic E-state index is 0. The number of nitrogen functional groups attached to an aromatic ring is 1. The average Bonchev–Trinajstić information content (AvgIpc) is 3.21. The number of fused-ring (bicyclic) bond motifs is 2. The summed E-state index contributed by atoms with van der Waals surface area (Å²) in [4.78, 5) is 25.2. The topological polar surface area (TPSA) is 158 Å². The monoisotopic (exact) mass is 493 g/mol. The molecule has 11 nitrogen and oxygen atoms in total. The Kier molecular flexibility index (Phi) is 6.70. The van der Waals surface area contributed by atoms with E-state index in [1.54, 1.807) is 16.7 Å². The number of hydrogen-bond donors (Lipinski definition) is 2. The fourth-order valence-electron chi connectivity index (χ4n) is 3.36. The quantitative estimate of drug-likeness (QED) is 0.318.